The van der Waals surface area contributed by atoms with Crippen LogP contribution in [0.25, 0.3) is 0 Å². The van der Waals surface area contributed by atoms with Crippen LogP contribution in [0, 0.1) is 0 Å². The van der Waals surface area contributed by atoms with E-state index in [-0.39, 0.29) is 10.8 Å². The van der Waals surface area contributed by atoms with Gasteiger partial charge in [0.05, 0.1) is 4.90 Å². The number of carbonyl (C=O) groups is 1. The maximum Gasteiger partial charge on any atom is 0.251 e. The van der Waals surface area contributed by atoms with Crippen molar-refractivity contribution >= 4 is 31.7 Å². The van der Waals surface area contributed by atoms with Gasteiger partial charge in [0.15, 0.2) is 9.84 Å². The molecule has 0 saturated carbocycles. The molecule has 0 saturated heterocycles. The van der Waals surface area contributed by atoms with Crippen molar-refractivity contribution in [1.29, 1.82) is 0 Å². The molecule has 110 valence electrons. The molecule has 6 heteroatoms. The highest BCUT2D eigenvalue weighted by Gasteiger charge is 2.09. The van der Waals surface area contributed by atoms with E-state index in [1.807, 2.05) is 24.3 Å². The fourth-order valence-electron chi connectivity index (χ4n) is 1.74. The Kier molecular flexibility index (Phi) is 4.80. The van der Waals surface area contributed by atoms with E-state index in [0.717, 1.165) is 16.3 Å². The third kappa shape index (κ3) is 4.41. The summed E-state index contributed by atoms with van der Waals surface area (Å²) in [5.74, 6) is -0.238. The summed E-state index contributed by atoms with van der Waals surface area (Å²) in [6.45, 7) is 0.417. The average Bonchev–Trinajstić information content (AvgIpc) is 2.45. The van der Waals surface area contributed by atoms with Crippen molar-refractivity contribution in [2.45, 2.75) is 11.4 Å². The highest BCUT2D eigenvalue weighted by atomic mass is 79.9. The number of hydrogen-bond donors (Lipinski definition) is 1. The van der Waals surface area contributed by atoms with E-state index in [9.17, 15) is 13.2 Å². The Morgan fingerprint density at radius 1 is 1.05 bits per heavy atom. The van der Waals surface area contributed by atoms with Gasteiger partial charge in [-0.15, -0.1) is 0 Å². The van der Waals surface area contributed by atoms with Crippen LogP contribution in [0.3, 0.4) is 0 Å². The first-order chi connectivity index (χ1) is 9.86. The lowest BCUT2D eigenvalue weighted by Crippen LogP contribution is -2.22. The van der Waals surface area contributed by atoms with Gasteiger partial charge < -0.3 is 5.32 Å². The predicted octanol–water partition coefficient (Wildman–Crippen LogP) is 2.78. The van der Waals surface area contributed by atoms with Gasteiger partial charge in [-0.3, -0.25) is 4.79 Å². The molecular weight excluding hydrogens is 354 g/mol. The topological polar surface area (TPSA) is 63.2 Å². The number of amides is 1. The Morgan fingerprint density at radius 3 is 2.14 bits per heavy atom. The normalized spacial score (nSPS) is 11.1. The van der Waals surface area contributed by atoms with Gasteiger partial charge in [-0.2, -0.15) is 0 Å². The van der Waals surface area contributed by atoms with Gasteiger partial charge >= 0.3 is 0 Å². The molecule has 0 aliphatic heterocycles. The Morgan fingerprint density at radius 2 is 1.62 bits per heavy atom. The van der Waals surface area contributed by atoms with Crippen molar-refractivity contribution in [1.82, 2.24) is 5.32 Å². The molecule has 1 N–H and O–H groups in total. The average molecular weight is 368 g/mol. The van der Waals surface area contributed by atoms with Crippen LogP contribution in [0.2, 0.25) is 0 Å². The molecule has 21 heavy (non-hydrogen) atoms. The van der Waals surface area contributed by atoms with Gasteiger partial charge in [-0.05, 0) is 42.0 Å². The summed E-state index contributed by atoms with van der Waals surface area (Å²) in [6.07, 6.45) is 1.13. The molecule has 0 unspecified atom stereocenters. The van der Waals surface area contributed by atoms with Crippen LogP contribution in [0.1, 0.15) is 15.9 Å². The molecule has 0 heterocycles. The zero-order chi connectivity index (χ0) is 15.5. The van der Waals surface area contributed by atoms with Gasteiger partial charge in [0.2, 0.25) is 0 Å². The van der Waals surface area contributed by atoms with Crippen molar-refractivity contribution in [2.75, 3.05) is 6.26 Å². The first kappa shape index (κ1) is 15.7. The highest BCUT2D eigenvalue weighted by molar-refractivity contribution is 9.10. The number of sulfone groups is 1. The van der Waals surface area contributed by atoms with Crippen molar-refractivity contribution in [3.63, 3.8) is 0 Å². The smallest absolute Gasteiger partial charge is 0.251 e. The zero-order valence-corrected chi connectivity index (χ0v) is 13.7. The molecule has 2 aromatic rings. The van der Waals surface area contributed by atoms with Crippen LogP contribution in [0.15, 0.2) is 57.9 Å². The second-order valence-corrected chi connectivity index (χ2v) is 7.54. The maximum absolute atomic E-state index is 12.0. The quantitative estimate of drug-likeness (QED) is 0.903. The van der Waals surface area contributed by atoms with E-state index >= 15 is 0 Å². The van der Waals surface area contributed by atoms with E-state index in [1.165, 1.54) is 24.3 Å². The summed E-state index contributed by atoms with van der Waals surface area (Å²) >= 11 is 3.35. The maximum atomic E-state index is 12.0. The fourth-order valence-corrected chi connectivity index (χ4v) is 2.63. The summed E-state index contributed by atoms with van der Waals surface area (Å²) < 4.78 is 23.7. The molecule has 0 spiro atoms. The SMILES string of the molecule is CS(=O)(=O)c1ccc(C(=O)NCc2ccc(Br)cc2)cc1. The second kappa shape index (κ2) is 6.41. The molecule has 1 amide bonds. The number of rotatable bonds is 4. The minimum Gasteiger partial charge on any atom is -0.348 e. The summed E-state index contributed by atoms with van der Waals surface area (Å²) in [4.78, 5) is 12.2. The third-order valence-corrected chi connectivity index (χ3v) is 4.57. The standard InChI is InChI=1S/C15H14BrNO3S/c1-21(19,20)14-8-4-12(5-9-14)15(18)17-10-11-2-6-13(16)7-3-11/h2-9H,10H2,1H3,(H,17,18). The van der Waals surface area contributed by atoms with Gasteiger partial charge in [0.25, 0.3) is 5.91 Å². The summed E-state index contributed by atoms with van der Waals surface area (Å²) in [7, 11) is -3.24. The second-order valence-electron chi connectivity index (χ2n) is 4.61. The number of nitrogens with one attached hydrogen (secondary N) is 1. The van der Waals surface area contributed by atoms with Crippen molar-refractivity contribution in [2.24, 2.45) is 0 Å². The molecule has 0 radical (unpaired) electrons. The molecule has 0 fully saturated rings. The number of halogens is 1. The molecule has 0 atom stereocenters. The lowest BCUT2D eigenvalue weighted by Gasteiger charge is -2.06. The minimum absolute atomic E-state index is 0.201. The van der Waals surface area contributed by atoms with Crippen LogP contribution in [-0.4, -0.2) is 20.6 Å². The Hall–Kier alpha value is -1.66. The predicted molar refractivity (Wildman–Crippen MR) is 84.9 cm³/mol. The molecule has 0 aromatic heterocycles. The van der Waals surface area contributed by atoms with Crippen LogP contribution < -0.4 is 5.32 Å². The number of carbonyl (C=O) groups excluding carboxylic acids is 1. The lowest BCUT2D eigenvalue weighted by molar-refractivity contribution is 0.0951. The Balaban J connectivity index is 2.02. The van der Waals surface area contributed by atoms with Gasteiger partial charge in [0, 0.05) is 22.8 Å². The first-order valence-corrected chi connectivity index (χ1v) is 8.87. The highest BCUT2D eigenvalue weighted by Crippen LogP contribution is 2.12. The van der Waals surface area contributed by atoms with Crippen molar-refractivity contribution < 1.29 is 13.2 Å². The Labute approximate surface area is 132 Å². The van der Waals surface area contributed by atoms with E-state index in [2.05, 4.69) is 21.2 Å². The molecule has 0 bridgehead atoms. The van der Waals surface area contributed by atoms with Crippen LogP contribution >= 0.6 is 15.9 Å². The first-order valence-electron chi connectivity index (χ1n) is 6.19. The van der Waals surface area contributed by atoms with E-state index < -0.39 is 9.84 Å². The monoisotopic (exact) mass is 367 g/mol. The molecular formula is C15H14BrNO3S. The van der Waals surface area contributed by atoms with Gasteiger partial charge in [0.1, 0.15) is 0 Å². The van der Waals surface area contributed by atoms with Crippen molar-refractivity contribution in [3.8, 4) is 0 Å². The largest absolute Gasteiger partial charge is 0.348 e. The lowest BCUT2D eigenvalue weighted by atomic mass is 10.2. The molecule has 0 aliphatic rings. The van der Waals surface area contributed by atoms with E-state index in [0.29, 0.717) is 12.1 Å². The fraction of sp³-hybridized carbons (Fsp3) is 0.133. The van der Waals surface area contributed by atoms with E-state index in [4.69, 9.17) is 0 Å². The van der Waals surface area contributed by atoms with Crippen LogP contribution in [0.5, 0.6) is 0 Å². The summed E-state index contributed by atoms with van der Waals surface area (Å²) in [5.41, 5.74) is 1.42. The van der Waals surface area contributed by atoms with Crippen LogP contribution in [0.4, 0.5) is 0 Å². The molecule has 2 rings (SSSR count). The molecule has 2 aromatic carbocycles. The number of hydrogen-bond acceptors (Lipinski definition) is 3. The number of benzene rings is 2. The molecule has 0 aliphatic carbocycles. The van der Waals surface area contributed by atoms with Crippen molar-refractivity contribution in [3.05, 3.63) is 64.1 Å². The summed E-state index contributed by atoms with van der Waals surface area (Å²) in [6, 6.07) is 13.5. The Bertz CT molecular complexity index is 737. The third-order valence-electron chi connectivity index (χ3n) is 2.91. The zero-order valence-electron chi connectivity index (χ0n) is 11.3. The van der Waals surface area contributed by atoms with Crippen LogP contribution in [-0.2, 0) is 16.4 Å². The van der Waals surface area contributed by atoms with Gasteiger partial charge in [-0.1, -0.05) is 28.1 Å². The van der Waals surface area contributed by atoms with E-state index in [1.54, 1.807) is 0 Å². The molecule has 4 nitrogen and oxygen atoms in total. The summed E-state index contributed by atoms with van der Waals surface area (Å²) in [5, 5.41) is 2.79. The van der Waals surface area contributed by atoms with Gasteiger partial charge in [-0.25, -0.2) is 8.42 Å². The minimum atomic E-state index is -3.24.